The van der Waals surface area contributed by atoms with Crippen LogP contribution in [0.15, 0.2) is 66.1 Å². The minimum absolute atomic E-state index is 0.0198. The first kappa shape index (κ1) is 27.1. The number of sulfonamides is 1. The van der Waals surface area contributed by atoms with Gasteiger partial charge in [-0.1, -0.05) is 18.7 Å². The maximum Gasteiger partial charge on any atom is 0.416 e. The lowest BCUT2D eigenvalue weighted by molar-refractivity contribution is -0.137. The summed E-state index contributed by atoms with van der Waals surface area (Å²) in [6.07, 6.45) is -2.51. The van der Waals surface area contributed by atoms with Crippen LogP contribution in [0.3, 0.4) is 0 Å². The van der Waals surface area contributed by atoms with Gasteiger partial charge < -0.3 is 10.6 Å². The zero-order chi connectivity index (χ0) is 25.4. The minimum atomic E-state index is -4.40. The van der Waals surface area contributed by atoms with Crippen molar-refractivity contribution in [3.63, 3.8) is 0 Å². The van der Waals surface area contributed by atoms with Crippen molar-refractivity contribution in [3.8, 4) is 0 Å². The molecule has 0 aromatic heterocycles. The van der Waals surface area contributed by atoms with E-state index in [0.717, 1.165) is 22.5 Å². The van der Waals surface area contributed by atoms with E-state index in [1.807, 2.05) is 0 Å². The summed E-state index contributed by atoms with van der Waals surface area (Å²) in [6.45, 7) is 4.02. The molecule has 2 rings (SSSR count). The van der Waals surface area contributed by atoms with Crippen molar-refractivity contribution < 1.29 is 31.2 Å². The topological polar surface area (TPSA) is 95.6 Å². The SMILES string of the molecule is C=CC(=O)NCCCN(C)S(=O)(=O)c1ccc(C(=O)NCCc2ccc(C(F)(F)F)cc2)cc1. The highest BCUT2D eigenvalue weighted by molar-refractivity contribution is 7.89. The fraction of sp³-hybridized carbons (Fsp3) is 0.304. The number of benzene rings is 2. The first-order valence-electron chi connectivity index (χ1n) is 10.4. The summed E-state index contributed by atoms with van der Waals surface area (Å²) in [5, 5.41) is 5.23. The Morgan fingerprint density at radius 1 is 1.00 bits per heavy atom. The van der Waals surface area contributed by atoms with Crippen LogP contribution in [-0.2, 0) is 27.4 Å². The average Bonchev–Trinajstić information content (AvgIpc) is 2.81. The number of hydrogen-bond acceptors (Lipinski definition) is 4. The number of carbonyl (C=O) groups is 2. The zero-order valence-corrected chi connectivity index (χ0v) is 19.4. The van der Waals surface area contributed by atoms with Crippen LogP contribution in [0.4, 0.5) is 13.2 Å². The van der Waals surface area contributed by atoms with E-state index in [4.69, 9.17) is 0 Å². The number of amides is 2. The molecule has 0 bridgehead atoms. The number of hydrogen-bond donors (Lipinski definition) is 2. The van der Waals surface area contributed by atoms with Gasteiger partial charge in [0.05, 0.1) is 10.5 Å². The van der Waals surface area contributed by atoms with Crippen LogP contribution >= 0.6 is 0 Å². The molecular weight excluding hydrogens is 471 g/mol. The van der Waals surface area contributed by atoms with E-state index >= 15 is 0 Å². The Kier molecular flexibility index (Phi) is 9.39. The van der Waals surface area contributed by atoms with Crippen molar-refractivity contribution in [2.24, 2.45) is 0 Å². The third kappa shape index (κ3) is 7.70. The van der Waals surface area contributed by atoms with Crippen LogP contribution in [0.5, 0.6) is 0 Å². The van der Waals surface area contributed by atoms with E-state index in [1.165, 1.54) is 43.4 Å². The van der Waals surface area contributed by atoms with Crippen molar-refractivity contribution >= 4 is 21.8 Å². The van der Waals surface area contributed by atoms with Gasteiger partial charge in [0.1, 0.15) is 0 Å². The monoisotopic (exact) mass is 497 g/mol. The van der Waals surface area contributed by atoms with Gasteiger partial charge in [0, 0.05) is 32.2 Å². The van der Waals surface area contributed by atoms with Crippen LogP contribution in [-0.4, -0.2) is 51.2 Å². The van der Waals surface area contributed by atoms with E-state index in [0.29, 0.717) is 24.9 Å². The molecule has 2 aromatic rings. The number of nitrogens with zero attached hydrogens (tertiary/aromatic N) is 1. The fourth-order valence-electron chi connectivity index (χ4n) is 2.95. The largest absolute Gasteiger partial charge is 0.416 e. The van der Waals surface area contributed by atoms with Crippen LogP contribution in [0.1, 0.15) is 27.9 Å². The van der Waals surface area contributed by atoms with Gasteiger partial charge >= 0.3 is 6.18 Å². The molecule has 7 nitrogen and oxygen atoms in total. The smallest absolute Gasteiger partial charge is 0.353 e. The summed E-state index contributed by atoms with van der Waals surface area (Å²) in [5.41, 5.74) is 0.156. The molecule has 2 amide bonds. The molecule has 0 heterocycles. The van der Waals surface area contributed by atoms with Crippen molar-refractivity contribution in [1.82, 2.24) is 14.9 Å². The number of halogens is 3. The molecule has 2 aromatic carbocycles. The lowest BCUT2D eigenvalue weighted by atomic mass is 10.1. The Bertz CT molecular complexity index is 1100. The van der Waals surface area contributed by atoms with E-state index in [2.05, 4.69) is 17.2 Å². The van der Waals surface area contributed by atoms with Gasteiger partial charge in [-0.3, -0.25) is 9.59 Å². The molecule has 0 saturated heterocycles. The lowest BCUT2D eigenvalue weighted by Gasteiger charge is -2.17. The molecule has 2 N–H and O–H groups in total. The Morgan fingerprint density at radius 3 is 2.18 bits per heavy atom. The summed E-state index contributed by atoms with van der Waals surface area (Å²) in [4.78, 5) is 23.4. The predicted molar refractivity (Wildman–Crippen MR) is 122 cm³/mol. The van der Waals surface area contributed by atoms with Gasteiger partial charge in [-0.25, -0.2) is 12.7 Å². The van der Waals surface area contributed by atoms with Gasteiger partial charge in [0.15, 0.2) is 0 Å². The first-order valence-corrected chi connectivity index (χ1v) is 11.8. The third-order valence-electron chi connectivity index (χ3n) is 4.94. The maximum absolute atomic E-state index is 12.7. The highest BCUT2D eigenvalue weighted by Gasteiger charge is 2.29. The Morgan fingerprint density at radius 2 is 1.62 bits per heavy atom. The second-order valence-corrected chi connectivity index (χ2v) is 9.45. The molecule has 0 unspecified atom stereocenters. The van der Waals surface area contributed by atoms with E-state index in [9.17, 15) is 31.2 Å². The minimum Gasteiger partial charge on any atom is -0.353 e. The zero-order valence-electron chi connectivity index (χ0n) is 18.6. The Labute approximate surface area is 196 Å². The van der Waals surface area contributed by atoms with Gasteiger partial charge in [0.2, 0.25) is 15.9 Å². The van der Waals surface area contributed by atoms with Crippen LogP contribution < -0.4 is 10.6 Å². The maximum atomic E-state index is 12.7. The molecule has 34 heavy (non-hydrogen) atoms. The molecule has 0 spiro atoms. The van der Waals surface area contributed by atoms with E-state index < -0.39 is 27.7 Å². The summed E-state index contributed by atoms with van der Waals surface area (Å²) in [6, 6.07) is 10.1. The normalized spacial score (nSPS) is 11.8. The molecular formula is C23H26F3N3O4S. The van der Waals surface area contributed by atoms with E-state index in [-0.39, 0.29) is 29.5 Å². The number of nitrogens with one attached hydrogen (secondary N) is 2. The van der Waals surface area contributed by atoms with Crippen molar-refractivity contribution in [2.45, 2.75) is 23.9 Å². The summed E-state index contributed by atoms with van der Waals surface area (Å²) < 4.78 is 64.3. The van der Waals surface area contributed by atoms with Gasteiger partial charge in [-0.2, -0.15) is 13.2 Å². The van der Waals surface area contributed by atoms with Crippen molar-refractivity contribution in [3.05, 3.63) is 77.9 Å². The number of carbonyl (C=O) groups excluding carboxylic acids is 2. The standard InChI is InChI=1S/C23H26F3N3O4S/c1-3-21(30)27-14-4-16-29(2)34(32,33)20-11-7-18(8-12-20)22(31)28-15-13-17-5-9-19(10-6-17)23(24,25)26/h3,5-12H,1,4,13-16H2,2H3,(H,27,30)(H,28,31). The third-order valence-corrected chi connectivity index (χ3v) is 6.81. The molecule has 184 valence electrons. The van der Waals surface area contributed by atoms with Gasteiger partial charge in [0.25, 0.3) is 5.91 Å². The molecule has 0 aliphatic carbocycles. The summed E-state index contributed by atoms with van der Waals surface area (Å²) in [5.74, 6) is -0.763. The van der Waals surface area contributed by atoms with Crippen molar-refractivity contribution in [2.75, 3.05) is 26.7 Å². The summed E-state index contributed by atoms with van der Waals surface area (Å²) in [7, 11) is -2.34. The molecule has 0 aliphatic rings. The lowest BCUT2D eigenvalue weighted by Crippen LogP contribution is -2.31. The predicted octanol–water partition coefficient (Wildman–Crippen LogP) is 2.99. The van der Waals surface area contributed by atoms with Crippen LogP contribution in [0, 0.1) is 0 Å². The molecule has 0 aliphatic heterocycles. The van der Waals surface area contributed by atoms with E-state index in [1.54, 1.807) is 0 Å². The quantitative estimate of drug-likeness (QED) is 0.369. The molecule has 11 heteroatoms. The highest BCUT2D eigenvalue weighted by Crippen LogP contribution is 2.29. The van der Waals surface area contributed by atoms with Crippen LogP contribution in [0.2, 0.25) is 0 Å². The van der Waals surface area contributed by atoms with Crippen molar-refractivity contribution in [1.29, 1.82) is 0 Å². The highest BCUT2D eigenvalue weighted by atomic mass is 32.2. The second kappa shape index (κ2) is 11.8. The number of rotatable bonds is 11. The first-order chi connectivity index (χ1) is 15.9. The second-order valence-electron chi connectivity index (χ2n) is 7.40. The number of alkyl halides is 3. The molecule has 0 radical (unpaired) electrons. The average molecular weight is 498 g/mol. The molecule has 0 atom stereocenters. The van der Waals surface area contributed by atoms with Gasteiger partial charge in [-0.15, -0.1) is 0 Å². The summed E-state index contributed by atoms with van der Waals surface area (Å²) >= 11 is 0. The van der Waals surface area contributed by atoms with Gasteiger partial charge in [-0.05, 0) is 60.9 Å². The molecule has 0 saturated carbocycles. The molecule has 0 fully saturated rings. The Hall–Kier alpha value is -3.18. The fourth-order valence-corrected chi connectivity index (χ4v) is 4.16. The Balaban J connectivity index is 1.87. The van der Waals surface area contributed by atoms with Crippen LogP contribution in [0.25, 0.3) is 0 Å².